The molecule has 2 rings (SSSR count). The number of methoxy groups -OCH3 is 2. The first-order valence-corrected chi connectivity index (χ1v) is 5.93. The molecule has 5 heteroatoms. The zero-order valence-corrected chi connectivity index (χ0v) is 11.4. The Kier molecular flexibility index (Phi) is 3.64. The van der Waals surface area contributed by atoms with Gasteiger partial charge in [0.15, 0.2) is 17.1 Å². The first-order chi connectivity index (χ1) is 9.08. The van der Waals surface area contributed by atoms with E-state index in [9.17, 15) is 4.79 Å². The maximum Gasteiger partial charge on any atom is 0.377 e. The monoisotopic (exact) mass is 264 g/mol. The molecular formula is C14H16O5. The predicted octanol–water partition coefficient (Wildman–Crippen LogP) is 3.02. The summed E-state index contributed by atoms with van der Waals surface area (Å²) in [5.41, 5.74) is 0.473. The zero-order valence-electron chi connectivity index (χ0n) is 11.4. The molecule has 1 aromatic carbocycles. The fraction of sp³-hybridized carbons (Fsp3) is 0.357. The van der Waals surface area contributed by atoms with E-state index in [0.717, 1.165) is 0 Å². The van der Waals surface area contributed by atoms with Crippen LogP contribution < -0.4 is 9.47 Å². The van der Waals surface area contributed by atoms with Crippen molar-refractivity contribution in [3.05, 3.63) is 24.0 Å². The van der Waals surface area contributed by atoms with Crippen molar-refractivity contribution in [3.63, 3.8) is 0 Å². The quantitative estimate of drug-likeness (QED) is 0.794. The molecule has 0 N–H and O–H groups in total. The minimum Gasteiger partial charge on any atom is -0.493 e. The molecule has 0 amide bonds. The van der Waals surface area contributed by atoms with Crippen LogP contribution in [0.15, 0.2) is 22.6 Å². The molecule has 19 heavy (non-hydrogen) atoms. The second kappa shape index (κ2) is 5.22. The number of ether oxygens (including phenoxy) is 3. The Morgan fingerprint density at radius 1 is 1.26 bits per heavy atom. The number of benzene rings is 1. The van der Waals surface area contributed by atoms with Gasteiger partial charge in [-0.1, -0.05) is 6.07 Å². The largest absolute Gasteiger partial charge is 0.493 e. The molecule has 0 unspecified atom stereocenters. The number of furan rings is 1. The summed E-state index contributed by atoms with van der Waals surface area (Å²) in [5.74, 6) is 0.404. The summed E-state index contributed by atoms with van der Waals surface area (Å²) >= 11 is 0. The van der Waals surface area contributed by atoms with Crippen molar-refractivity contribution < 1.29 is 23.4 Å². The smallest absolute Gasteiger partial charge is 0.377 e. The third-order valence-corrected chi connectivity index (χ3v) is 2.58. The van der Waals surface area contributed by atoms with E-state index in [4.69, 9.17) is 18.6 Å². The molecule has 0 atom stereocenters. The second-order valence-corrected chi connectivity index (χ2v) is 4.26. The highest BCUT2D eigenvalue weighted by atomic mass is 16.5. The van der Waals surface area contributed by atoms with E-state index in [0.29, 0.717) is 22.5 Å². The number of carbonyl (C=O) groups is 1. The van der Waals surface area contributed by atoms with Gasteiger partial charge < -0.3 is 18.6 Å². The molecule has 0 spiro atoms. The van der Waals surface area contributed by atoms with Crippen LogP contribution in [0.5, 0.6) is 11.5 Å². The van der Waals surface area contributed by atoms with Gasteiger partial charge in [-0.15, -0.1) is 0 Å². The van der Waals surface area contributed by atoms with E-state index in [1.165, 1.54) is 14.2 Å². The minimum absolute atomic E-state index is 0.0516. The molecule has 0 radical (unpaired) electrons. The number of rotatable bonds is 4. The summed E-state index contributed by atoms with van der Waals surface area (Å²) in [6.45, 7) is 3.75. The van der Waals surface area contributed by atoms with Crippen LogP contribution >= 0.6 is 0 Å². The lowest BCUT2D eigenvalue weighted by atomic mass is 10.2. The first-order valence-electron chi connectivity index (χ1n) is 5.93. The van der Waals surface area contributed by atoms with Gasteiger partial charge in [-0.05, 0) is 26.0 Å². The number of hydrogen-bond donors (Lipinski definition) is 0. The van der Waals surface area contributed by atoms with Crippen molar-refractivity contribution in [3.8, 4) is 11.5 Å². The van der Waals surface area contributed by atoms with Crippen LogP contribution in [0.3, 0.4) is 0 Å². The summed E-state index contributed by atoms with van der Waals surface area (Å²) in [7, 11) is 2.84. The Labute approximate surface area is 111 Å². The highest BCUT2D eigenvalue weighted by molar-refractivity contribution is 6.00. The topological polar surface area (TPSA) is 57.9 Å². The average molecular weight is 264 g/mol. The third kappa shape index (κ3) is 2.36. The third-order valence-electron chi connectivity index (χ3n) is 2.58. The minimum atomic E-state index is -0.575. The molecule has 0 aliphatic carbocycles. The van der Waals surface area contributed by atoms with Gasteiger partial charge in [0.05, 0.1) is 25.7 Å². The normalized spacial score (nSPS) is 10.8. The Bertz CT molecular complexity index is 597. The number of carbonyl (C=O) groups excluding carboxylic acids is 1. The van der Waals surface area contributed by atoms with Crippen LogP contribution in [-0.2, 0) is 4.74 Å². The standard InChI is InChI=1S/C14H16O5/c1-8(2)18-12-9-6-5-7-10(16-3)11(9)19-13(12)14(15)17-4/h5-8H,1-4H3. The van der Waals surface area contributed by atoms with E-state index in [1.54, 1.807) is 6.07 Å². The van der Waals surface area contributed by atoms with Crippen molar-refractivity contribution >= 4 is 16.9 Å². The fourth-order valence-electron chi connectivity index (χ4n) is 1.81. The van der Waals surface area contributed by atoms with Crippen molar-refractivity contribution in [2.45, 2.75) is 20.0 Å². The summed E-state index contributed by atoms with van der Waals surface area (Å²) in [4.78, 5) is 11.7. The SMILES string of the molecule is COC(=O)c1oc2c(OC)cccc2c1OC(C)C. The van der Waals surface area contributed by atoms with Gasteiger partial charge in [0.1, 0.15) is 0 Å². The average Bonchev–Trinajstić information content (AvgIpc) is 2.76. The molecule has 2 aromatic rings. The van der Waals surface area contributed by atoms with E-state index < -0.39 is 5.97 Å². The van der Waals surface area contributed by atoms with Gasteiger partial charge >= 0.3 is 5.97 Å². The summed E-state index contributed by atoms with van der Waals surface area (Å²) in [6, 6.07) is 5.38. The van der Waals surface area contributed by atoms with Crippen LogP contribution in [0.25, 0.3) is 11.0 Å². The van der Waals surface area contributed by atoms with E-state index >= 15 is 0 Å². The molecule has 0 saturated heterocycles. The van der Waals surface area contributed by atoms with E-state index in [-0.39, 0.29) is 11.9 Å². The van der Waals surface area contributed by atoms with Crippen molar-refractivity contribution in [1.29, 1.82) is 0 Å². The Hall–Kier alpha value is -2.17. The van der Waals surface area contributed by atoms with E-state index in [2.05, 4.69) is 0 Å². The molecule has 102 valence electrons. The molecule has 0 saturated carbocycles. The lowest BCUT2D eigenvalue weighted by Gasteiger charge is -2.09. The van der Waals surface area contributed by atoms with Gasteiger partial charge in [0.2, 0.25) is 0 Å². The first kappa shape index (κ1) is 13.3. The highest BCUT2D eigenvalue weighted by Gasteiger charge is 2.25. The molecule has 0 aliphatic rings. The number of fused-ring (bicyclic) bond motifs is 1. The molecular weight excluding hydrogens is 248 g/mol. The maximum atomic E-state index is 11.7. The summed E-state index contributed by atoms with van der Waals surface area (Å²) in [5, 5.41) is 0.688. The predicted molar refractivity (Wildman–Crippen MR) is 69.9 cm³/mol. The van der Waals surface area contributed by atoms with Crippen LogP contribution in [0.2, 0.25) is 0 Å². The fourth-order valence-corrected chi connectivity index (χ4v) is 1.81. The highest BCUT2D eigenvalue weighted by Crippen LogP contribution is 2.38. The number of esters is 1. The number of para-hydroxylation sites is 1. The maximum absolute atomic E-state index is 11.7. The van der Waals surface area contributed by atoms with Crippen LogP contribution in [0, 0.1) is 0 Å². The molecule has 0 fully saturated rings. The lowest BCUT2D eigenvalue weighted by molar-refractivity contribution is 0.0559. The lowest BCUT2D eigenvalue weighted by Crippen LogP contribution is -2.09. The molecule has 5 nitrogen and oxygen atoms in total. The second-order valence-electron chi connectivity index (χ2n) is 4.26. The van der Waals surface area contributed by atoms with Crippen molar-refractivity contribution in [1.82, 2.24) is 0 Å². The van der Waals surface area contributed by atoms with Crippen LogP contribution in [0.4, 0.5) is 0 Å². The summed E-state index contributed by atoms with van der Waals surface area (Å²) in [6.07, 6.45) is -0.0876. The van der Waals surface area contributed by atoms with Gasteiger partial charge in [0, 0.05) is 0 Å². The van der Waals surface area contributed by atoms with Gasteiger partial charge in [0.25, 0.3) is 5.76 Å². The Morgan fingerprint density at radius 3 is 2.58 bits per heavy atom. The van der Waals surface area contributed by atoms with Gasteiger partial charge in [-0.25, -0.2) is 4.79 Å². The zero-order chi connectivity index (χ0) is 14.0. The van der Waals surface area contributed by atoms with Gasteiger partial charge in [-0.3, -0.25) is 0 Å². The summed E-state index contributed by atoms with van der Waals surface area (Å²) < 4.78 is 21.1. The molecule has 1 heterocycles. The Balaban J connectivity index is 2.68. The number of hydrogen-bond acceptors (Lipinski definition) is 5. The van der Waals surface area contributed by atoms with Crippen molar-refractivity contribution in [2.24, 2.45) is 0 Å². The Morgan fingerprint density at radius 2 is 2.00 bits per heavy atom. The molecule has 0 aliphatic heterocycles. The molecule has 1 aromatic heterocycles. The van der Waals surface area contributed by atoms with Crippen LogP contribution in [0.1, 0.15) is 24.4 Å². The molecule has 0 bridgehead atoms. The van der Waals surface area contributed by atoms with E-state index in [1.807, 2.05) is 26.0 Å². The van der Waals surface area contributed by atoms with Gasteiger partial charge in [-0.2, -0.15) is 0 Å². The van der Waals surface area contributed by atoms with Crippen LogP contribution in [-0.4, -0.2) is 26.3 Å². The van der Waals surface area contributed by atoms with Crippen molar-refractivity contribution in [2.75, 3.05) is 14.2 Å².